The highest BCUT2D eigenvalue weighted by Crippen LogP contribution is 2.49. The minimum atomic E-state index is -2.48. The third kappa shape index (κ3) is 5.17. The molecule has 0 unspecified atom stereocenters. The van der Waals surface area contributed by atoms with Crippen molar-refractivity contribution in [1.29, 1.82) is 0 Å². The van der Waals surface area contributed by atoms with Crippen molar-refractivity contribution in [3.63, 3.8) is 0 Å². The van der Waals surface area contributed by atoms with Gasteiger partial charge in [-0.05, 0) is 61.3 Å². The van der Waals surface area contributed by atoms with Crippen molar-refractivity contribution in [2.24, 2.45) is 17.8 Å². The molecule has 0 saturated heterocycles. The zero-order valence-corrected chi connectivity index (χ0v) is 14.6. The van der Waals surface area contributed by atoms with Crippen LogP contribution >= 0.6 is 11.8 Å². The quantitative estimate of drug-likeness (QED) is 0.575. The van der Waals surface area contributed by atoms with Gasteiger partial charge in [0.25, 0.3) is 11.7 Å². The number of halogens is 2. The Balaban J connectivity index is 1.38. The van der Waals surface area contributed by atoms with E-state index in [1.54, 1.807) is 12.1 Å². The smallest absolute Gasteiger partial charge is 0.306 e. The monoisotopic (exact) mass is 369 g/mol. The van der Waals surface area contributed by atoms with Gasteiger partial charge in [-0.25, -0.2) is 0 Å². The molecule has 1 aromatic carbocycles. The normalized spacial score (nSPS) is 24.5. The standard InChI is InChI=1S/C18H21F2NO3S/c19-18(20)25-15-5-3-14(4-6-15)21-16(22)10-24-17(23)9-13-8-11-1-2-12(13)7-11/h3-6,11-13,18H,1-2,7-10H2,(H,21,22)/t11-,12-,13-/m1/s1. The van der Waals surface area contributed by atoms with Crippen molar-refractivity contribution in [1.82, 2.24) is 0 Å². The molecule has 7 heteroatoms. The Bertz CT molecular complexity index is 623. The maximum Gasteiger partial charge on any atom is 0.306 e. The molecule has 0 spiro atoms. The number of ether oxygens (including phenoxy) is 1. The molecule has 2 aliphatic carbocycles. The number of hydrogen-bond acceptors (Lipinski definition) is 4. The molecule has 1 amide bonds. The van der Waals surface area contributed by atoms with Crippen LogP contribution in [0.3, 0.4) is 0 Å². The molecule has 0 aromatic heterocycles. The van der Waals surface area contributed by atoms with Crippen LogP contribution in [-0.4, -0.2) is 24.2 Å². The molecule has 2 saturated carbocycles. The Hall–Kier alpha value is -1.63. The number of amides is 1. The van der Waals surface area contributed by atoms with Crippen LogP contribution in [0.15, 0.2) is 29.2 Å². The fourth-order valence-corrected chi connectivity index (χ4v) is 4.46. The fraction of sp³-hybridized carbons (Fsp3) is 0.556. The van der Waals surface area contributed by atoms with Gasteiger partial charge >= 0.3 is 5.97 Å². The molecule has 2 fully saturated rings. The van der Waals surface area contributed by atoms with Gasteiger partial charge in [0.1, 0.15) is 0 Å². The molecule has 1 aromatic rings. The molecule has 0 aliphatic heterocycles. The summed E-state index contributed by atoms with van der Waals surface area (Å²) in [5.74, 6) is -1.40. The van der Waals surface area contributed by atoms with Gasteiger partial charge in [0, 0.05) is 17.0 Å². The fourth-order valence-electron chi connectivity index (χ4n) is 3.96. The molecular weight excluding hydrogens is 348 g/mol. The number of nitrogens with one attached hydrogen (secondary N) is 1. The minimum Gasteiger partial charge on any atom is -0.456 e. The molecule has 0 radical (unpaired) electrons. The van der Waals surface area contributed by atoms with Gasteiger partial charge in [0.2, 0.25) is 0 Å². The maximum atomic E-state index is 12.2. The van der Waals surface area contributed by atoms with Gasteiger partial charge in [-0.1, -0.05) is 18.2 Å². The number of alkyl halides is 2. The lowest BCUT2D eigenvalue weighted by molar-refractivity contribution is -0.148. The Morgan fingerprint density at radius 1 is 1.20 bits per heavy atom. The van der Waals surface area contributed by atoms with Crippen molar-refractivity contribution in [2.75, 3.05) is 11.9 Å². The van der Waals surface area contributed by atoms with Crippen molar-refractivity contribution in [2.45, 2.75) is 42.8 Å². The summed E-state index contributed by atoms with van der Waals surface area (Å²) >= 11 is 0.445. The Morgan fingerprint density at radius 3 is 2.56 bits per heavy atom. The summed E-state index contributed by atoms with van der Waals surface area (Å²) in [6.07, 6.45) is 5.23. The number of fused-ring (bicyclic) bond motifs is 2. The number of carbonyl (C=O) groups excluding carboxylic acids is 2. The number of anilines is 1. The molecule has 136 valence electrons. The lowest BCUT2D eigenvalue weighted by Crippen LogP contribution is -2.23. The van der Waals surface area contributed by atoms with E-state index in [2.05, 4.69) is 5.32 Å². The highest BCUT2D eigenvalue weighted by atomic mass is 32.2. The predicted molar refractivity (Wildman–Crippen MR) is 91.4 cm³/mol. The van der Waals surface area contributed by atoms with E-state index in [1.165, 1.54) is 31.4 Å². The number of esters is 1. The third-order valence-corrected chi connectivity index (χ3v) is 5.76. The highest BCUT2D eigenvalue weighted by molar-refractivity contribution is 7.99. The maximum absolute atomic E-state index is 12.2. The largest absolute Gasteiger partial charge is 0.456 e. The van der Waals surface area contributed by atoms with E-state index in [9.17, 15) is 18.4 Å². The first-order chi connectivity index (χ1) is 12.0. The zero-order chi connectivity index (χ0) is 17.8. The van der Waals surface area contributed by atoms with Gasteiger partial charge in [-0.2, -0.15) is 8.78 Å². The topological polar surface area (TPSA) is 55.4 Å². The van der Waals surface area contributed by atoms with Crippen LogP contribution in [0.4, 0.5) is 14.5 Å². The first-order valence-corrected chi connectivity index (χ1v) is 9.38. The summed E-state index contributed by atoms with van der Waals surface area (Å²) in [6, 6.07) is 6.10. The number of rotatable bonds is 7. The van der Waals surface area contributed by atoms with E-state index >= 15 is 0 Å². The lowest BCUT2D eigenvalue weighted by atomic mass is 9.86. The Morgan fingerprint density at radius 2 is 1.96 bits per heavy atom. The van der Waals surface area contributed by atoms with Crippen LogP contribution < -0.4 is 5.32 Å². The second-order valence-electron chi connectivity index (χ2n) is 6.75. The lowest BCUT2D eigenvalue weighted by Gasteiger charge is -2.20. The van der Waals surface area contributed by atoms with Crippen molar-refractivity contribution >= 4 is 29.3 Å². The predicted octanol–water partition coefficient (Wildman–Crippen LogP) is 4.31. The highest BCUT2D eigenvalue weighted by Gasteiger charge is 2.40. The molecule has 0 heterocycles. The van der Waals surface area contributed by atoms with Gasteiger partial charge in [0.15, 0.2) is 6.61 Å². The Kier molecular flexibility index (Phi) is 5.93. The summed E-state index contributed by atoms with van der Waals surface area (Å²) in [4.78, 5) is 24.2. The van der Waals surface area contributed by atoms with Crippen molar-refractivity contribution in [3.05, 3.63) is 24.3 Å². The average Bonchev–Trinajstić information content (AvgIpc) is 3.17. The van der Waals surface area contributed by atoms with E-state index in [4.69, 9.17) is 4.74 Å². The molecule has 3 rings (SSSR count). The van der Waals surface area contributed by atoms with Crippen LogP contribution in [0.5, 0.6) is 0 Å². The first-order valence-electron chi connectivity index (χ1n) is 8.50. The summed E-state index contributed by atoms with van der Waals surface area (Å²) in [7, 11) is 0. The molecule has 25 heavy (non-hydrogen) atoms. The molecule has 4 nitrogen and oxygen atoms in total. The second kappa shape index (κ2) is 8.17. The zero-order valence-electron chi connectivity index (χ0n) is 13.8. The summed E-state index contributed by atoms with van der Waals surface area (Å²) in [6.45, 7) is -0.326. The van der Waals surface area contributed by atoms with Gasteiger partial charge in [-0.15, -0.1) is 0 Å². The average molecular weight is 369 g/mol. The second-order valence-corrected chi connectivity index (χ2v) is 7.81. The van der Waals surface area contributed by atoms with Crippen LogP contribution in [0, 0.1) is 17.8 Å². The molecule has 2 aliphatic rings. The van der Waals surface area contributed by atoms with E-state index < -0.39 is 11.7 Å². The van der Waals surface area contributed by atoms with E-state index in [0.717, 1.165) is 12.3 Å². The number of thioether (sulfide) groups is 1. The molecule has 2 bridgehead atoms. The van der Waals surface area contributed by atoms with Crippen molar-refractivity contribution < 1.29 is 23.1 Å². The van der Waals surface area contributed by atoms with Gasteiger partial charge < -0.3 is 10.1 Å². The minimum absolute atomic E-state index is 0.323. The number of benzene rings is 1. The van der Waals surface area contributed by atoms with E-state index in [-0.39, 0.29) is 12.6 Å². The van der Waals surface area contributed by atoms with Crippen LogP contribution in [0.2, 0.25) is 0 Å². The molecular formula is C18H21F2NO3S. The van der Waals surface area contributed by atoms with E-state index in [1.807, 2.05) is 0 Å². The number of carbonyl (C=O) groups is 2. The molecule has 1 N–H and O–H groups in total. The summed E-state index contributed by atoms with van der Waals surface area (Å²) in [5.41, 5.74) is 0.479. The molecule has 3 atom stereocenters. The Labute approximate surface area is 149 Å². The SMILES string of the molecule is O=C(COC(=O)C[C@H]1C[C@@H]2CC[C@@H]1C2)Nc1ccc(SC(F)F)cc1. The van der Waals surface area contributed by atoms with Gasteiger partial charge in [-0.3, -0.25) is 9.59 Å². The van der Waals surface area contributed by atoms with E-state index in [0.29, 0.717) is 40.6 Å². The van der Waals surface area contributed by atoms with Crippen molar-refractivity contribution in [3.8, 4) is 0 Å². The number of hydrogen-bond donors (Lipinski definition) is 1. The third-order valence-electron chi connectivity index (χ3n) is 5.04. The summed E-state index contributed by atoms with van der Waals surface area (Å²) < 4.78 is 29.6. The van der Waals surface area contributed by atoms with Crippen LogP contribution in [0.25, 0.3) is 0 Å². The van der Waals surface area contributed by atoms with Crippen LogP contribution in [0.1, 0.15) is 32.1 Å². The van der Waals surface area contributed by atoms with Crippen LogP contribution in [-0.2, 0) is 14.3 Å². The first kappa shape index (κ1) is 18.2. The summed E-state index contributed by atoms with van der Waals surface area (Å²) in [5, 5.41) is 2.59. The van der Waals surface area contributed by atoms with Gasteiger partial charge in [0.05, 0.1) is 0 Å².